The van der Waals surface area contributed by atoms with Gasteiger partial charge in [0.1, 0.15) is 0 Å². The van der Waals surface area contributed by atoms with E-state index in [9.17, 15) is 0 Å². The summed E-state index contributed by atoms with van der Waals surface area (Å²) in [5.41, 5.74) is 0. The van der Waals surface area contributed by atoms with Crippen LogP contribution >= 0.6 is 11.8 Å². The minimum atomic E-state index is 0.803. The van der Waals surface area contributed by atoms with Gasteiger partial charge in [0.2, 0.25) is 0 Å². The lowest BCUT2D eigenvalue weighted by Gasteiger charge is -2.22. The van der Waals surface area contributed by atoms with Crippen molar-refractivity contribution in [2.24, 2.45) is 5.92 Å². The molecule has 0 radical (unpaired) electrons. The number of nitrogens with one attached hydrogen (secondary N) is 1. The van der Waals surface area contributed by atoms with Crippen molar-refractivity contribution in [1.29, 1.82) is 0 Å². The zero-order valence-corrected chi connectivity index (χ0v) is 8.41. The van der Waals surface area contributed by atoms with Gasteiger partial charge in [-0.05, 0) is 42.9 Å². The van der Waals surface area contributed by atoms with Crippen LogP contribution in [0.15, 0.2) is 0 Å². The summed E-state index contributed by atoms with van der Waals surface area (Å²) in [4.78, 5) is 0. The Hall–Kier alpha value is 0.310. The van der Waals surface area contributed by atoms with Crippen molar-refractivity contribution < 1.29 is 0 Å². The minimum Gasteiger partial charge on any atom is -0.316 e. The first-order valence-electron chi connectivity index (χ1n) is 4.61. The van der Waals surface area contributed by atoms with Crippen LogP contribution in [0, 0.1) is 5.92 Å². The van der Waals surface area contributed by atoms with Crippen LogP contribution in [0.25, 0.3) is 0 Å². The number of rotatable bonds is 3. The van der Waals surface area contributed by atoms with E-state index in [0.29, 0.717) is 0 Å². The highest BCUT2D eigenvalue weighted by molar-refractivity contribution is 7.99. The van der Waals surface area contributed by atoms with Crippen molar-refractivity contribution in [2.45, 2.75) is 31.9 Å². The Morgan fingerprint density at radius 2 is 2.36 bits per heavy atom. The second-order valence-electron chi connectivity index (χ2n) is 3.59. The lowest BCUT2D eigenvalue weighted by molar-refractivity contribution is 0.410. The summed E-state index contributed by atoms with van der Waals surface area (Å²) in [5, 5.41) is 4.25. The molecule has 1 aliphatic heterocycles. The standard InChI is InChI=1S/C9H19NS/c1-8(2)11-7-9-4-3-5-10-6-9/h8-10H,3-7H2,1-2H3/t9-/m1/s1. The summed E-state index contributed by atoms with van der Waals surface area (Å²) in [6.07, 6.45) is 2.82. The molecule has 2 heteroatoms. The molecule has 1 nitrogen and oxygen atoms in total. The van der Waals surface area contributed by atoms with Crippen LogP contribution in [-0.2, 0) is 0 Å². The molecular weight excluding hydrogens is 154 g/mol. The molecule has 1 N–H and O–H groups in total. The van der Waals surface area contributed by atoms with Crippen molar-refractivity contribution in [3.8, 4) is 0 Å². The van der Waals surface area contributed by atoms with E-state index < -0.39 is 0 Å². The third kappa shape index (κ3) is 4.02. The third-order valence-corrected chi connectivity index (χ3v) is 3.39. The summed E-state index contributed by atoms with van der Waals surface area (Å²) >= 11 is 2.10. The van der Waals surface area contributed by atoms with Crippen molar-refractivity contribution >= 4 is 11.8 Å². The first-order valence-corrected chi connectivity index (χ1v) is 5.66. The van der Waals surface area contributed by atoms with Gasteiger partial charge in [-0.25, -0.2) is 0 Å². The molecule has 0 spiro atoms. The maximum absolute atomic E-state index is 3.45. The van der Waals surface area contributed by atoms with Crippen molar-refractivity contribution in [3.63, 3.8) is 0 Å². The van der Waals surface area contributed by atoms with Crippen molar-refractivity contribution in [1.82, 2.24) is 5.32 Å². The zero-order valence-electron chi connectivity index (χ0n) is 7.60. The van der Waals surface area contributed by atoms with Gasteiger partial charge in [-0.1, -0.05) is 13.8 Å². The van der Waals surface area contributed by atoms with Crippen LogP contribution in [0.2, 0.25) is 0 Å². The summed E-state index contributed by atoms with van der Waals surface area (Å²) in [7, 11) is 0. The van der Waals surface area contributed by atoms with Crippen LogP contribution in [-0.4, -0.2) is 24.1 Å². The number of piperidine rings is 1. The van der Waals surface area contributed by atoms with Gasteiger partial charge in [0.25, 0.3) is 0 Å². The van der Waals surface area contributed by atoms with Gasteiger partial charge in [-0.2, -0.15) is 11.8 Å². The SMILES string of the molecule is CC(C)SC[C@@H]1CCCNC1. The van der Waals surface area contributed by atoms with E-state index in [0.717, 1.165) is 11.2 Å². The molecule has 1 heterocycles. The molecule has 0 aliphatic carbocycles. The maximum atomic E-state index is 3.45. The Kier molecular flexibility index (Phi) is 4.31. The van der Waals surface area contributed by atoms with E-state index in [2.05, 4.69) is 30.9 Å². The zero-order chi connectivity index (χ0) is 8.10. The molecule has 0 unspecified atom stereocenters. The fourth-order valence-electron chi connectivity index (χ4n) is 1.39. The van der Waals surface area contributed by atoms with Gasteiger partial charge in [-0.15, -0.1) is 0 Å². The Morgan fingerprint density at radius 3 is 2.91 bits per heavy atom. The molecule has 0 saturated carbocycles. The molecule has 0 aromatic heterocycles. The van der Waals surface area contributed by atoms with E-state index in [4.69, 9.17) is 0 Å². The van der Waals surface area contributed by atoms with E-state index in [1.165, 1.54) is 31.7 Å². The van der Waals surface area contributed by atoms with Crippen LogP contribution in [0.4, 0.5) is 0 Å². The average Bonchev–Trinajstić information content (AvgIpc) is 2.03. The summed E-state index contributed by atoms with van der Waals surface area (Å²) in [6, 6.07) is 0. The lowest BCUT2D eigenvalue weighted by Crippen LogP contribution is -2.31. The summed E-state index contributed by atoms with van der Waals surface area (Å²) in [6.45, 7) is 7.05. The van der Waals surface area contributed by atoms with E-state index in [1.807, 2.05) is 0 Å². The molecule has 0 aromatic carbocycles. The summed E-state index contributed by atoms with van der Waals surface area (Å²) < 4.78 is 0. The number of hydrogen-bond donors (Lipinski definition) is 1. The molecule has 1 aliphatic rings. The molecule has 66 valence electrons. The highest BCUT2D eigenvalue weighted by atomic mass is 32.2. The highest BCUT2D eigenvalue weighted by Gasteiger charge is 2.12. The maximum Gasteiger partial charge on any atom is -0.000957 e. The van der Waals surface area contributed by atoms with E-state index in [1.54, 1.807) is 0 Å². The molecular formula is C9H19NS. The van der Waals surface area contributed by atoms with E-state index >= 15 is 0 Å². The average molecular weight is 173 g/mol. The molecule has 1 fully saturated rings. The van der Waals surface area contributed by atoms with Gasteiger partial charge in [0, 0.05) is 0 Å². The molecule has 1 rings (SSSR count). The third-order valence-electron chi connectivity index (χ3n) is 2.06. The molecule has 1 atom stereocenters. The molecule has 1 saturated heterocycles. The fraction of sp³-hybridized carbons (Fsp3) is 1.00. The molecule has 0 amide bonds. The molecule has 11 heavy (non-hydrogen) atoms. The predicted molar refractivity (Wildman–Crippen MR) is 53.2 cm³/mol. The van der Waals surface area contributed by atoms with Gasteiger partial charge >= 0.3 is 0 Å². The van der Waals surface area contributed by atoms with Crippen LogP contribution < -0.4 is 5.32 Å². The first kappa shape index (κ1) is 9.40. The smallest absolute Gasteiger partial charge is 0.000957 e. The van der Waals surface area contributed by atoms with Crippen LogP contribution in [0.3, 0.4) is 0 Å². The van der Waals surface area contributed by atoms with Crippen LogP contribution in [0.5, 0.6) is 0 Å². The predicted octanol–water partition coefficient (Wildman–Crippen LogP) is 2.13. The second kappa shape index (κ2) is 5.04. The topological polar surface area (TPSA) is 12.0 Å². The highest BCUT2D eigenvalue weighted by Crippen LogP contribution is 2.19. The van der Waals surface area contributed by atoms with Gasteiger partial charge < -0.3 is 5.32 Å². The van der Waals surface area contributed by atoms with E-state index in [-0.39, 0.29) is 0 Å². The fourth-order valence-corrected chi connectivity index (χ4v) is 2.34. The molecule has 0 aromatic rings. The Labute approximate surface area is 74.3 Å². The normalized spacial score (nSPS) is 25.9. The lowest BCUT2D eigenvalue weighted by atomic mass is 10.0. The Morgan fingerprint density at radius 1 is 1.55 bits per heavy atom. The second-order valence-corrected chi connectivity index (χ2v) is 5.20. The Balaban J connectivity index is 2.05. The van der Waals surface area contributed by atoms with Crippen molar-refractivity contribution in [2.75, 3.05) is 18.8 Å². The number of hydrogen-bond acceptors (Lipinski definition) is 2. The van der Waals surface area contributed by atoms with Gasteiger partial charge in [0.15, 0.2) is 0 Å². The number of thioether (sulfide) groups is 1. The monoisotopic (exact) mass is 173 g/mol. The Bertz CT molecular complexity index is 97.7. The van der Waals surface area contributed by atoms with Crippen LogP contribution in [0.1, 0.15) is 26.7 Å². The van der Waals surface area contributed by atoms with Gasteiger partial charge in [-0.3, -0.25) is 0 Å². The first-order chi connectivity index (χ1) is 5.29. The quantitative estimate of drug-likeness (QED) is 0.701. The molecule has 0 bridgehead atoms. The van der Waals surface area contributed by atoms with Gasteiger partial charge in [0.05, 0.1) is 0 Å². The van der Waals surface area contributed by atoms with Crippen molar-refractivity contribution in [3.05, 3.63) is 0 Å². The summed E-state index contributed by atoms with van der Waals surface area (Å²) in [5.74, 6) is 2.29. The largest absolute Gasteiger partial charge is 0.316 e. The minimum absolute atomic E-state index is 0.803.